The molecule has 0 aliphatic heterocycles. The van der Waals surface area contributed by atoms with Crippen LogP contribution in [0.25, 0.3) is 0 Å². The van der Waals surface area contributed by atoms with E-state index >= 15 is 0 Å². The Balaban J connectivity index is 3.17. The highest BCUT2D eigenvalue weighted by Gasteiger charge is 2.27. The van der Waals surface area contributed by atoms with E-state index < -0.39 is 8.56 Å². The standard InChI is InChI=1S/C17H38O2Si/c1-5-6-7-8-9-10-11-12-13-14-15-16-17-20(4,18-2)19-3/h5-17H2,1-4H3. The lowest BCUT2D eigenvalue weighted by Gasteiger charge is -2.22. The summed E-state index contributed by atoms with van der Waals surface area (Å²) < 4.78 is 11.0. The van der Waals surface area contributed by atoms with Crippen LogP contribution in [0.4, 0.5) is 0 Å². The first-order valence-electron chi connectivity index (χ1n) is 8.79. The second-order valence-electron chi connectivity index (χ2n) is 6.18. The van der Waals surface area contributed by atoms with E-state index in [-0.39, 0.29) is 0 Å². The number of unbranched alkanes of at least 4 members (excludes halogenated alkanes) is 11. The summed E-state index contributed by atoms with van der Waals surface area (Å²) in [5, 5.41) is 0. The Bertz CT molecular complexity index is 193. The predicted molar refractivity (Wildman–Crippen MR) is 91.5 cm³/mol. The van der Waals surface area contributed by atoms with Gasteiger partial charge in [-0.25, -0.2) is 0 Å². The molecule has 2 nitrogen and oxygen atoms in total. The third-order valence-electron chi connectivity index (χ3n) is 4.35. The van der Waals surface area contributed by atoms with Crippen LogP contribution in [0.5, 0.6) is 0 Å². The van der Waals surface area contributed by atoms with E-state index in [1.54, 1.807) is 14.2 Å². The van der Waals surface area contributed by atoms with Gasteiger partial charge in [0, 0.05) is 14.2 Å². The molecule has 20 heavy (non-hydrogen) atoms. The van der Waals surface area contributed by atoms with Crippen molar-refractivity contribution in [3.8, 4) is 0 Å². The molecule has 0 saturated heterocycles. The maximum absolute atomic E-state index is 5.50. The van der Waals surface area contributed by atoms with Gasteiger partial charge in [-0.2, -0.15) is 0 Å². The molecule has 0 aromatic rings. The fraction of sp³-hybridized carbons (Fsp3) is 1.00. The van der Waals surface area contributed by atoms with E-state index in [4.69, 9.17) is 8.85 Å². The van der Waals surface area contributed by atoms with Gasteiger partial charge in [0.15, 0.2) is 0 Å². The molecule has 0 bridgehead atoms. The first-order valence-corrected chi connectivity index (χ1v) is 11.3. The zero-order valence-electron chi connectivity index (χ0n) is 14.5. The van der Waals surface area contributed by atoms with E-state index in [1.807, 2.05) is 0 Å². The van der Waals surface area contributed by atoms with Gasteiger partial charge in [-0.05, 0) is 12.6 Å². The number of hydrogen-bond acceptors (Lipinski definition) is 2. The van der Waals surface area contributed by atoms with Crippen LogP contribution >= 0.6 is 0 Å². The summed E-state index contributed by atoms with van der Waals surface area (Å²) >= 11 is 0. The fourth-order valence-electron chi connectivity index (χ4n) is 2.57. The second-order valence-corrected chi connectivity index (χ2v) is 9.77. The highest BCUT2D eigenvalue weighted by molar-refractivity contribution is 6.65. The van der Waals surface area contributed by atoms with Gasteiger partial charge < -0.3 is 8.85 Å². The Labute approximate surface area is 128 Å². The number of rotatable bonds is 15. The van der Waals surface area contributed by atoms with Crippen molar-refractivity contribution in [1.82, 2.24) is 0 Å². The minimum Gasteiger partial charge on any atom is -0.398 e. The van der Waals surface area contributed by atoms with Crippen LogP contribution in [0.2, 0.25) is 12.6 Å². The molecule has 0 aromatic carbocycles. The Morgan fingerprint density at radius 1 is 0.600 bits per heavy atom. The summed E-state index contributed by atoms with van der Waals surface area (Å²) in [6, 6.07) is 1.14. The van der Waals surface area contributed by atoms with Crippen molar-refractivity contribution in [3.05, 3.63) is 0 Å². The van der Waals surface area contributed by atoms with Crippen LogP contribution in [0.1, 0.15) is 84.0 Å². The monoisotopic (exact) mass is 302 g/mol. The normalized spacial score (nSPS) is 12.0. The highest BCUT2D eigenvalue weighted by Crippen LogP contribution is 2.17. The summed E-state index contributed by atoms with van der Waals surface area (Å²) in [4.78, 5) is 0. The quantitative estimate of drug-likeness (QED) is 0.271. The van der Waals surface area contributed by atoms with Gasteiger partial charge in [-0.3, -0.25) is 0 Å². The summed E-state index contributed by atoms with van der Waals surface area (Å²) in [5.74, 6) is 0. The molecule has 0 N–H and O–H groups in total. The molecular weight excluding hydrogens is 264 g/mol. The summed E-state index contributed by atoms with van der Waals surface area (Å²) in [5.41, 5.74) is 0. The topological polar surface area (TPSA) is 18.5 Å². The summed E-state index contributed by atoms with van der Waals surface area (Å²) in [6.07, 6.45) is 16.8. The van der Waals surface area contributed by atoms with Gasteiger partial charge in [-0.15, -0.1) is 0 Å². The molecule has 0 spiro atoms. The van der Waals surface area contributed by atoms with Crippen LogP contribution in [-0.4, -0.2) is 22.8 Å². The lowest BCUT2D eigenvalue weighted by atomic mass is 10.1. The lowest BCUT2D eigenvalue weighted by Crippen LogP contribution is -2.35. The van der Waals surface area contributed by atoms with Crippen molar-refractivity contribution in [3.63, 3.8) is 0 Å². The molecule has 0 amide bonds. The van der Waals surface area contributed by atoms with Crippen molar-refractivity contribution in [2.75, 3.05) is 14.2 Å². The molecule has 0 heterocycles. The Kier molecular flexibility index (Phi) is 14.2. The van der Waals surface area contributed by atoms with Crippen molar-refractivity contribution in [2.24, 2.45) is 0 Å². The van der Waals surface area contributed by atoms with Gasteiger partial charge in [0.25, 0.3) is 0 Å². The van der Waals surface area contributed by atoms with Crippen LogP contribution in [0.15, 0.2) is 0 Å². The molecule has 0 saturated carbocycles. The molecule has 0 aromatic heterocycles. The zero-order chi connectivity index (χ0) is 15.1. The van der Waals surface area contributed by atoms with E-state index in [0.29, 0.717) is 0 Å². The molecule has 0 aliphatic rings. The molecular formula is C17H38O2Si. The van der Waals surface area contributed by atoms with E-state index in [9.17, 15) is 0 Å². The van der Waals surface area contributed by atoms with Crippen molar-refractivity contribution >= 4 is 8.56 Å². The highest BCUT2D eigenvalue weighted by atomic mass is 28.4. The molecule has 0 rings (SSSR count). The maximum Gasteiger partial charge on any atom is 0.334 e. The van der Waals surface area contributed by atoms with Gasteiger partial charge in [-0.1, -0.05) is 84.0 Å². The zero-order valence-corrected chi connectivity index (χ0v) is 15.5. The molecule has 0 aliphatic carbocycles. The maximum atomic E-state index is 5.50. The fourth-order valence-corrected chi connectivity index (χ4v) is 4.04. The van der Waals surface area contributed by atoms with Crippen LogP contribution in [-0.2, 0) is 8.85 Å². The van der Waals surface area contributed by atoms with Gasteiger partial charge >= 0.3 is 8.56 Å². The van der Waals surface area contributed by atoms with Crippen LogP contribution in [0.3, 0.4) is 0 Å². The first-order chi connectivity index (χ1) is 9.68. The Hall–Kier alpha value is 0.137. The molecule has 122 valence electrons. The Morgan fingerprint density at radius 2 is 0.950 bits per heavy atom. The number of hydrogen-bond donors (Lipinski definition) is 0. The summed E-state index contributed by atoms with van der Waals surface area (Å²) in [7, 11) is 1.78. The lowest BCUT2D eigenvalue weighted by molar-refractivity contribution is 0.248. The largest absolute Gasteiger partial charge is 0.398 e. The molecule has 0 radical (unpaired) electrons. The van der Waals surface area contributed by atoms with E-state index in [0.717, 1.165) is 6.04 Å². The average Bonchev–Trinajstić information content (AvgIpc) is 2.48. The van der Waals surface area contributed by atoms with Gasteiger partial charge in [0.05, 0.1) is 0 Å². The molecule has 0 atom stereocenters. The van der Waals surface area contributed by atoms with Gasteiger partial charge in [0.1, 0.15) is 0 Å². The minimum atomic E-state index is -1.79. The Morgan fingerprint density at radius 3 is 1.30 bits per heavy atom. The molecule has 0 fully saturated rings. The van der Waals surface area contributed by atoms with Crippen LogP contribution < -0.4 is 0 Å². The second kappa shape index (κ2) is 14.1. The van der Waals surface area contributed by atoms with Crippen molar-refractivity contribution in [1.29, 1.82) is 0 Å². The van der Waals surface area contributed by atoms with Crippen LogP contribution in [0, 0.1) is 0 Å². The van der Waals surface area contributed by atoms with E-state index in [1.165, 1.54) is 77.0 Å². The third-order valence-corrected chi connectivity index (χ3v) is 7.34. The summed E-state index contributed by atoms with van der Waals surface area (Å²) in [6.45, 7) is 4.44. The molecule has 3 heteroatoms. The smallest absolute Gasteiger partial charge is 0.334 e. The molecule has 0 unspecified atom stereocenters. The average molecular weight is 303 g/mol. The van der Waals surface area contributed by atoms with E-state index in [2.05, 4.69) is 13.5 Å². The predicted octanol–water partition coefficient (Wildman–Crippen LogP) is 6.05. The minimum absolute atomic E-state index is 1.14. The first kappa shape index (κ1) is 20.1. The van der Waals surface area contributed by atoms with Gasteiger partial charge in [0.2, 0.25) is 0 Å². The van der Waals surface area contributed by atoms with Crippen molar-refractivity contribution in [2.45, 2.75) is 96.6 Å². The van der Waals surface area contributed by atoms with Crippen molar-refractivity contribution < 1.29 is 8.85 Å². The SMILES string of the molecule is CCCCCCCCCCCCCC[Si](C)(OC)OC. The third kappa shape index (κ3) is 11.9.